The predicted molar refractivity (Wildman–Crippen MR) is 105 cm³/mol. The lowest BCUT2D eigenvalue weighted by Crippen LogP contribution is -2.31. The number of halogens is 1. The molecule has 4 rings (SSSR count). The van der Waals surface area contributed by atoms with Gasteiger partial charge in [-0.2, -0.15) is 5.26 Å². The summed E-state index contributed by atoms with van der Waals surface area (Å²) in [6.07, 6.45) is 2.68. The fraction of sp³-hybridized carbons (Fsp3) is 0.333. The average molecular weight is 382 g/mol. The molecule has 0 amide bonds. The second-order valence-corrected chi connectivity index (χ2v) is 7.58. The highest BCUT2D eigenvalue weighted by Gasteiger charge is 2.25. The highest BCUT2D eigenvalue weighted by atomic mass is 35.5. The van der Waals surface area contributed by atoms with Crippen LogP contribution in [0.5, 0.6) is 0 Å². The van der Waals surface area contributed by atoms with Crippen molar-refractivity contribution in [2.24, 2.45) is 0 Å². The van der Waals surface area contributed by atoms with Gasteiger partial charge in [-0.15, -0.1) is 0 Å². The van der Waals surface area contributed by atoms with Crippen molar-refractivity contribution in [3.05, 3.63) is 69.1 Å². The molecule has 0 atom stereocenters. The van der Waals surface area contributed by atoms with E-state index in [-0.39, 0.29) is 17.8 Å². The van der Waals surface area contributed by atoms with Crippen LogP contribution in [0.15, 0.2) is 47.3 Å². The van der Waals surface area contributed by atoms with Crippen molar-refractivity contribution in [3.8, 4) is 6.07 Å². The van der Waals surface area contributed by atoms with Crippen molar-refractivity contribution in [2.75, 3.05) is 0 Å². The largest absolute Gasteiger partial charge is 0.393 e. The fourth-order valence-electron chi connectivity index (χ4n) is 3.99. The van der Waals surface area contributed by atoms with Gasteiger partial charge in [0, 0.05) is 11.1 Å². The number of hydrogen-bond acceptors (Lipinski definition) is 3. The topological polar surface area (TPSA) is 71.0 Å². The summed E-state index contributed by atoms with van der Waals surface area (Å²) in [6.45, 7) is 0.396. The molecule has 1 aliphatic rings. The Labute approximate surface area is 162 Å². The van der Waals surface area contributed by atoms with Crippen LogP contribution in [0.1, 0.15) is 42.9 Å². The maximum Gasteiger partial charge on any atom is 0.329 e. The van der Waals surface area contributed by atoms with Crippen molar-refractivity contribution in [1.82, 2.24) is 9.13 Å². The van der Waals surface area contributed by atoms with E-state index in [2.05, 4.69) is 6.07 Å². The van der Waals surface area contributed by atoms with E-state index in [0.29, 0.717) is 30.0 Å². The highest BCUT2D eigenvalue weighted by molar-refractivity contribution is 6.30. The summed E-state index contributed by atoms with van der Waals surface area (Å²) in [5.74, 6) is 0. The fourth-order valence-corrected chi connectivity index (χ4v) is 4.20. The molecular formula is C21H20ClN3O2. The number of aliphatic hydroxyl groups excluding tert-OH is 1. The second-order valence-electron chi connectivity index (χ2n) is 7.15. The van der Waals surface area contributed by atoms with E-state index in [1.165, 1.54) is 0 Å². The maximum absolute atomic E-state index is 13.3. The number of benzene rings is 2. The lowest BCUT2D eigenvalue weighted by Gasteiger charge is -2.26. The minimum absolute atomic E-state index is 0.0666. The van der Waals surface area contributed by atoms with Gasteiger partial charge < -0.3 is 5.11 Å². The molecule has 1 fully saturated rings. The maximum atomic E-state index is 13.3. The van der Waals surface area contributed by atoms with E-state index < -0.39 is 0 Å². The minimum atomic E-state index is -0.276. The van der Waals surface area contributed by atoms with Gasteiger partial charge in [0.25, 0.3) is 0 Å². The predicted octanol–water partition coefficient (Wildman–Crippen LogP) is 3.85. The molecular weight excluding hydrogens is 362 g/mol. The van der Waals surface area contributed by atoms with Gasteiger partial charge in [-0.3, -0.25) is 9.13 Å². The molecule has 0 bridgehead atoms. The standard InChI is InChI=1S/C21H20ClN3O2/c22-16-3-1-2-15(10-16)13-24-20-11-14(12-23)4-9-19(20)25(21(24)27)17-5-7-18(26)8-6-17/h1-4,9-11,17-18,26H,5-8,13H2. The molecule has 3 aromatic rings. The third-order valence-electron chi connectivity index (χ3n) is 5.35. The normalized spacial score (nSPS) is 19.9. The van der Waals surface area contributed by atoms with Crippen molar-refractivity contribution < 1.29 is 5.11 Å². The Balaban J connectivity index is 1.85. The number of aliphatic hydroxyl groups is 1. The van der Waals surface area contributed by atoms with E-state index in [4.69, 9.17) is 11.6 Å². The van der Waals surface area contributed by atoms with Crippen molar-refractivity contribution in [1.29, 1.82) is 5.26 Å². The monoisotopic (exact) mass is 381 g/mol. The number of rotatable bonds is 3. The first-order valence-corrected chi connectivity index (χ1v) is 9.52. The number of imidazole rings is 1. The first-order chi connectivity index (χ1) is 13.1. The van der Waals surface area contributed by atoms with Crippen LogP contribution in [0, 0.1) is 11.3 Å². The molecule has 1 saturated carbocycles. The molecule has 0 unspecified atom stereocenters. The third-order valence-corrected chi connectivity index (χ3v) is 5.59. The Bertz CT molecular complexity index is 1080. The van der Waals surface area contributed by atoms with Crippen LogP contribution in [0.25, 0.3) is 11.0 Å². The molecule has 6 heteroatoms. The average Bonchev–Trinajstić information content (AvgIpc) is 2.94. The van der Waals surface area contributed by atoms with E-state index in [1.807, 2.05) is 28.8 Å². The Morgan fingerprint density at radius 2 is 1.89 bits per heavy atom. The summed E-state index contributed by atoms with van der Waals surface area (Å²) < 4.78 is 3.56. The van der Waals surface area contributed by atoms with Crippen LogP contribution < -0.4 is 5.69 Å². The van der Waals surface area contributed by atoms with Crippen molar-refractivity contribution >= 4 is 22.6 Å². The second kappa shape index (κ2) is 7.22. The molecule has 5 nitrogen and oxygen atoms in total. The van der Waals surface area contributed by atoms with Crippen molar-refractivity contribution in [3.63, 3.8) is 0 Å². The summed E-state index contributed by atoms with van der Waals surface area (Å²) in [6, 6.07) is 15.1. The molecule has 0 radical (unpaired) electrons. The lowest BCUT2D eigenvalue weighted by atomic mass is 9.93. The smallest absolute Gasteiger partial charge is 0.329 e. The number of aromatic nitrogens is 2. The molecule has 1 aliphatic carbocycles. The number of hydrogen-bond donors (Lipinski definition) is 1. The minimum Gasteiger partial charge on any atom is -0.393 e. The van der Waals surface area contributed by atoms with Crippen LogP contribution in [0.2, 0.25) is 5.02 Å². The Morgan fingerprint density at radius 1 is 1.11 bits per heavy atom. The molecule has 0 aliphatic heterocycles. The van der Waals surface area contributed by atoms with Crippen LogP contribution in [0.3, 0.4) is 0 Å². The number of nitriles is 1. The summed E-state index contributed by atoms with van der Waals surface area (Å²) in [4.78, 5) is 13.3. The van der Waals surface area contributed by atoms with Crippen LogP contribution >= 0.6 is 11.6 Å². The van der Waals surface area contributed by atoms with Gasteiger partial charge in [0.1, 0.15) is 0 Å². The summed E-state index contributed by atoms with van der Waals surface area (Å²) in [5.41, 5.74) is 2.97. The summed E-state index contributed by atoms with van der Waals surface area (Å²) in [7, 11) is 0. The van der Waals surface area contributed by atoms with Gasteiger partial charge >= 0.3 is 5.69 Å². The molecule has 27 heavy (non-hydrogen) atoms. The van der Waals surface area contributed by atoms with Gasteiger partial charge in [0.2, 0.25) is 0 Å². The molecule has 0 spiro atoms. The zero-order chi connectivity index (χ0) is 19.0. The van der Waals surface area contributed by atoms with E-state index in [9.17, 15) is 15.2 Å². The van der Waals surface area contributed by atoms with E-state index in [0.717, 1.165) is 29.4 Å². The van der Waals surface area contributed by atoms with Gasteiger partial charge in [-0.25, -0.2) is 4.79 Å². The van der Waals surface area contributed by atoms with Crippen LogP contribution in [-0.2, 0) is 6.54 Å². The summed E-state index contributed by atoms with van der Waals surface area (Å²) >= 11 is 6.10. The molecule has 0 saturated heterocycles. The lowest BCUT2D eigenvalue weighted by molar-refractivity contribution is 0.110. The van der Waals surface area contributed by atoms with Gasteiger partial charge in [-0.1, -0.05) is 23.7 Å². The first-order valence-electron chi connectivity index (χ1n) is 9.14. The van der Waals surface area contributed by atoms with E-state index in [1.54, 1.807) is 22.8 Å². The van der Waals surface area contributed by atoms with Crippen LogP contribution in [0.4, 0.5) is 0 Å². The number of nitrogens with zero attached hydrogens (tertiary/aromatic N) is 3. The van der Waals surface area contributed by atoms with Crippen molar-refractivity contribution in [2.45, 2.75) is 44.4 Å². The molecule has 1 aromatic heterocycles. The first kappa shape index (κ1) is 17.8. The third kappa shape index (κ3) is 3.39. The molecule has 2 aromatic carbocycles. The Morgan fingerprint density at radius 3 is 2.59 bits per heavy atom. The SMILES string of the molecule is N#Cc1ccc2c(c1)n(Cc1cccc(Cl)c1)c(=O)n2C1CCC(O)CC1. The molecule has 1 N–H and O–H groups in total. The van der Waals surface area contributed by atoms with Crippen LogP contribution in [-0.4, -0.2) is 20.3 Å². The zero-order valence-corrected chi connectivity index (χ0v) is 15.6. The Kier molecular flexibility index (Phi) is 4.77. The zero-order valence-electron chi connectivity index (χ0n) is 14.8. The van der Waals surface area contributed by atoms with Gasteiger partial charge in [-0.05, 0) is 61.6 Å². The Hall–Kier alpha value is -2.55. The highest BCUT2D eigenvalue weighted by Crippen LogP contribution is 2.30. The quantitative estimate of drug-likeness (QED) is 0.749. The summed E-state index contributed by atoms with van der Waals surface area (Å²) in [5, 5.41) is 19.7. The van der Waals surface area contributed by atoms with E-state index >= 15 is 0 Å². The number of fused-ring (bicyclic) bond motifs is 1. The van der Waals surface area contributed by atoms with Gasteiger partial charge in [0.05, 0.1) is 35.3 Å². The van der Waals surface area contributed by atoms with Gasteiger partial charge in [0.15, 0.2) is 0 Å². The molecule has 138 valence electrons. The molecule has 1 heterocycles.